The molecule has 2 fully saturated rings. The van der Waals surface area contributed by atoms with Crippen molar-refractivity contribution >= 4 is 35.0 Å². The van der Waals surface area contributed by atoms with Crippen molar-refractivity contribution in [2.45, 2.75) is 52.0 Å². The Labute approximate surface area is 162 Å². The van der Waals surface area contributed by atoms with Gasteiger partial charge in [-0.1, -0.05) is 19.8 Å². The number of ketones is 1. The van der Waals surface area contributed by atoms with Gasteiger partial charge >= 0.3 is 12.0 Å². The molecule has 2 heterocycles. The summed E-state index contributed by atoms with van der Waals surface area (Å²) < 4.78 is 5.03. The van der Waals surface area contributed by atoms with Crippen LogP contribution in [-0.2, 0) is 14.3 Å². The first-order chi connectivity index (χ1) is 12.7. The molecule has 1 saturated carbocycles. The molecule has 3 rings (SSSR count). The molecule has 1 aromatic rings. The number of thiophene rings is 1. The minimum absolute atomic E-state index is 0.0232. The van der Waals surface area contributed by atoms with Crippen molar-refractivity contribution in [2.24, 2.45) is 5.92 Å². The molecular formula is C19H24N2O5S. The number of hydrogen-bond acceptors (Lipinski definition) is 6. The van der Waals surface area contributed by atoms with Crippen LogP contribution in [0, 0.1) is 19.8 Å². The average Bonchev–Trinajstić information content (AvgIpc) is 3.07. The second kappa shape index (κ2) is 7.42. The fraction of sp³-hybridized carbons (Fsp3) is 0.579. The summed E-state index contributed by atoms with van der Waals surface area (Å²) in [5.74, 6) is -1.40. The number of carbonyl (C=O) groups excluding carboxylic acids is 4. The second-order valence-electron chi connectivity index (χ2n) is 7.35. The molecule has 1 aromatic heterocycles. The predicted molar refractivity (Wildman–Crippen MR) is 99.7 cm³/mol. The van der Waals surface area contributed by atoms with Crippen LogP contribution >= 0.6 is 11.3 Å². The molecule has 0 unspecified atom stereocenters. The van der Waals surface area contributed by atoms with Crippen molar-refractivity contribution in [3.8, 4) is 0 Å². The molecule has 0 aromatic carbocycles. The Morgan fingerprint density at radius 3 is 2.70 bits per heavy atom. The Morgan fingerprint density at radius 1 is 1.33 bits per heavy atom. The largest absolute Gasteiger partial charge is 0.456 e. The summed E-state index contributed by atoms with van der Waals surface area (Å²) in [6, 6.07) is 1.20. The Morgan fingerprint density at radius 2 is 2.07 bits per heavy atom. The van der Waals surface area contributed by atoms with E-state index in [4.69, 9.17) is 4.74 Å². The molecule has 2 aliphatic rings. The zero-order valence-electron chi connectivity index (χ0n) is 15.8. The molecule has 1 spiro atoms. The molecule has 146 valence electrons. The molecule has 1 aliphatic heterocycles. The fourth-order valence-electron chi connectivity index (χ4n) is 3.95. The van der Waals surface area contributed by atoms with Gasteiger partial charge in [0.25, 0.3) is 5.91 Å². The smallest absolute Gasteiger partial charge is 0.326 e. The number of amides is 3. The van der Waals surface area contributed by atoms with Crippen LogP contribution < -0.4 is 5.32 Å². The van der Waals surface area contributed by atoms with Crippen LogP contribution in [0.15, 0.2) is 6.07 Å². The van der Waals surface area contributed by atoms with E-state index < -0.39 is 30.7 Å². The third-order valence-electron chi connectivity index (χ3n) is 5.49. The average molecular weight is 392 g/mol. The van der Waals surface area contributed by atoms with E-state index in [0.29, 0.717) is 12.0 Å². The van der Waals surface area contributed by atoms with E-state index in [9.17, 15) is 19.2 Å². The summed E-state index contributed by atoms with van der Waals surface area (Å²) in [7, 11) is 0. The van der Waals surface area contributed by atoms with Crippen molar-refractivity contribution in [3.63, 3.8) is 0 Å². The van der Waals surface area contributed by atoms with Crippen LogP contribution in [0.4, 0.5) is 4.79 Å². The van der Waals surface area contributed by atoms with Gasteiger partial charge in [0.15, 0.2) is 6.61 Å². The monoisotopic (exact) mass is 392 g/mol. The number of aryl methyl sites for hydroxylation is 2. The highest BCUT2D eigenvalue weighted by Crippen LogP contribution is 2.38. The Hall–Kier alpha value is -2.22. The first kappa shape index (κ1) is 19.5. The molecule has 1 aliphatic carbocycles. The summed E-state index contributed by atoms with van der Waals surface area (Å²) in [4.78, 5) is 52.2. The minimum atomic E-state index is -0.906. The summed E-state index contributed by atoms with van der Waals surface area (Å²) in [6.45, 7) is 4.81. The van der Waals surface area contributed by atoms with E-state index in [0.717, 1.165) is 33.9 Å². The zero-order valence-corrected chi connectivity index (χ0v) is 16.6. The number of hydrogen-bond donors (Lipinski definition) is 1. The Kier molecular flexibility index (Phi) is 5.37. The van der Waals surface area contributed by atoms with Gasteiger partial charge in [-0.2, -0.15) is 0 Å². The summed E-state index contributed by atoms with van der Waals surface area (Å²) in [5.41, 5.74) is -0.369. The van der Waals surface area contributed by atoms with Gasteiger partial charge in [0.1, 0.15) is 12.1 Å². The lowest BCUT2D eigenvalue weighted by atomic mass is 9.73. The molecule has 0 bridgehead atoms. The van der Waals surface area contributed by atoms with E-state index in [1.54, 1.807) is 6.07 Å². The lowest BCUT2D eigenvalue weighted by Gasteiger charge is -2.36. The molecule has 2 atom stereocenters. The number of nitrogens with zero attached hydrogens (tertiary/aromatic N) is 1. The van der Waals surface area contributed by atoms with E-state index in [2.05, 4.69) is 5.32 Å². The van der Waals surface area contributed by atoms with Gasteiger partial charge in [0, 0.05) is 15.3 Å². The van der Waals surface area contributed by atoms with Gasteiger partial charge in [-0.25, -0.2) is 4.79 Å². The van der Waals surface area contributed by atoms with Crippen molar-refractivity contribution < 1.29 is 23.9 Å². The van der Waals surface area contributed by atoms with E-state index in [1.807, 2.05) is 20.8 Å². The highest BCUT2D eigenvalue weighted by atomic mass is 32.1. The second-order valence-corrected chi connectivity index (χ2v) is 8.81. The number of ether oxygens (including phenoxy) is 1. The number of nitrogens with one attached hydrogen (secondary N) is 1. The molecule has 3 amide bonds. The predicted octanol–water partition coefficient (Wildman–Crippen LogP) is 2.59. The first-order valence-corrected chi connectivity index (χ1v) is 9.96. The van der Waals surface area contributed by atoms with Crippen molar-refractivity contribution in [3.05, 3.63) is 21.4 Å². The van der Waals surface area contributed by atoms with Crippen molar-refractivity contribution in [1.29, 1.82) is 0 Å². The highest BCUT2D eigenvalue weighted by Gasteiger charge is 2.55. The van der Waals surface area contributed by atoms with Crippen molar-refractivity contribution in [2.75, 3.05) is 13.2 Å². The molecule has 27 heavy (non-hydrogen) atoms. The van der Waals surface area contributed by atoms with Gasteiger partial charge < -0.3 is 10.1 Å². The lowest BCUT2D eigenvalue weighted by molar-refractivity contribution is -0.147. The number of imide groups is 1. The molecule has 1 N–H and O–H groups in total. The van der Waals surface area contributed by atoms with Crippen LogP contribution in [-0.4, -0.2) is 47.3 Å². The van der Waals surface area contributed by atoms with Gasteiger partial charge in [-0.15, -0.1) is 11.3 Å². The van der Waals surface area contributed by atoms with E-state index in [1.165, 1.54) is 11.3 Å². The quantitative estimate of drug-likeness (QED) is 0.472. The topological polar surface area (TPSA) is 92.8 Å². The maximum atomic E-state index is 12.8. The van der Waals surface area contributed by atoms with E-state index in [-0.39, 0.29) is 17.6 Å². The summed E-state index contributed by atoms with van der Waals surface area (Å²) in [5, 5.41) is 2.79. The lowest BCUT2D eigenvalue weighted by Crippen LogP contribution is -2.54. The van der Waals surface area contributed by atoms with Crippen LogP contribution in [0.2, 0.25) is 0 Å². The van der Waals surface area contributed by atoms with Crippen molar-refractivity contribution in [1.82, 2.24) is 10.2 Å². The van der Waals surface area contributed by atoms with Crippen LogP contribution in [0.5, 0.6) is 0 Å². The van der Waals surface area contributed by atoms with Gasteiger partial charge in [-0.05, 0) is 38.7 Å². The number of urea groups is 1. The number of carbonyl (C=O) groups is 4. The Balaban J connectivity index is 1.59. The van der Waals surface area contributed by atoms with Crippen LogP contribution in [0.1, 0.15) is 52.7 Å². The molecule has 8 heteroatoms. The normalized spacial score (nSPS) is 25.0. The number of esters is 1. The van der Waals surface area contributed by atoms with Crippen LogP contribution in [0.25, 0.3) is 0 Å². The third kappa shape index (κ3) is 3.63. The molecular weight excluding hydrogens is 368 g/mol. The third-order valence-corrected chi connectivity index (χ3v) is 6.46. The molecule has 7 nitrogen and oxygen atoms in total. The maximum Gasteiger partial charge on any atom is 0.326 e. The maximum absolute atomic E-state index is 12.8. The zero-order chi connectivity index (χ0) is 19.8. The highest BCUT2D eigenvalue weighted by molar-refractivity contribution is 7.12. The van der Waals surface area contributed by atoms with Gasteiger partial charge in [0.2, 0.25) is 5.78 Å². The Bertz CT molecular complexity index is 802. The molecule has 0 radical (unpaired) electrons. The molecule has 1 saturated heterocycles. The summed E-state index contributed by atoms with van der Waals surface area (Å²) >= 11 is 1.50. The standard InChI is InChI=1S/C19H24N2O5S/c1-11-6-4-5-7-19(11)17(24)21(18(25)20-19)9-16(23)26-10-15(22)14-8-12(2)27-13(14)3/h8,11H,4-7,9-10H2,1-3H3,(H,20,25)/t11-,19+/m0/s1. The van der Waals surface area contributed by atoms with Gasteiger partial charge in [0.05, 0.1) is 0 Å². The van der Waals surface area contributed by atoms with E-state index >= 15 is 0 Å². The summed E-state index contributed by atoms with van der Waals surface area (Å²) in [6.07, 6.45) is 3.33. The van der Waals surface area contributed by atoms with Gasteiger partial charge in [-0.3, -0.25) is 19.3 Å². The first-order valence-electron chi connectivity index (χ1n) is 9.14. The SMILES string of the molecule is Cc1cc(C(=O)COC(=O)CN2C(=O)N[C@@]3(CCCC[C@@H]3C)C2=O)c(C)s1. The fourth-order valence-corrected chi connectivity index (χ4v) is 4.89. The number of rotatable bonds is 5. The van der Waals surface area contributed by atoms with Crippen LogP contribution in [0.3, 0.4) is 0 Å². The number of Topliss-reactive ketones (excluding diaryl/α,β-unsaturated/α-hetero) is 1. The minimum Gasteiger partial charge on any atom is -0.456 e.